The van der Waals surface area contributed by atoms with Crippen molar-refractivity contribution in [3.05, 3.63) is 29.8 Å². The smallest absolute Gasteiger partial charge is 0.383 e. The number of hydrogen-bond acceptors (Lipinski definition) is 1. The summed E-state index contributed by atoms with van der Waals surface area (Å²) < 4.78 is 37.6. The van der Waals surface area contributed by atoms with Gasteiger partial charge in [-0.3, -0.25) is 0 Å². The van der Waals surface area contributed by atoms with Gasteiger partial charge in [-0.1, -0.05) is 19.9 Å². The molecule has 1 nitrogen and oxygen atoms in total. The van der Waals surface area contributed by atoms with Crippen molar-refractivity contribution in [1.29, 1.82) is 0 Å². The van der Waals surface area contributed by atoms with Crippen LogP contribution >= 0.6 is 0 Å². The zero-order chi connectivity index (χ0) is 13.8. The first-order chi connectivity index (χ1) is 8.29. The lowest BCUT2D eigenvalue weighted by atomic mass is 10.0. The highest BCUT2D eigenvalue weighted by Crippen LogP contribution is 2.30. The van der Waals surface area contributed by atoms with Gasteiger partial charge in [0.2, 0.25) is 0 Å². The van der Waals surface area contributed by atoms with Gasteiger partial charge in [0.25, 0.3) is 0 Å². The van der Waals surface area contributed by atoms with Gasteiger partial charge in [-0.15, -0.1) is 0 Å². The summed E-state index contributed by atoms with van der Waals surface area (Å²) in [7, 11) is 0. The summed E-state index contributed by atoms with van der Waals surface area (Å²) >= 11 is 0. The predicted octanol–water partition coefficient (Wildman–Crippen LogP) is 4.94. The Labute approximate surface area is 106 Å². The minimum atomic E-state index is -4.28. The highest BCUT2D eigenvalue weighted by molar-refractivity contribution is 5.47. The molecule has 0 aliphatic rings. The van der Waals surface area contributed by atoms with Gasteiger partial charge in [0.1, 0.15) is 0 Å². The Morgan fingerprint density at radius 1 is 1.11 bits per heavy atom. The highest BCUT2D eigenvalue weighted by atomic mass is 19.4. The molecule has 0 spiro atoms. The summed E-state index contributed by atoms with van der Waals surface area (Å²) in [6.45, 7) is 6.26. The molecule has 1 N–H and O–H groups in total. The fourth-order valence-corrected chi connectivity index (χ4v) is 1.73. The molecule has 1 rings (SSSR count). The van der Waals surface area contributed by atoms with E-state index in [0.29, 0.717) is 11.6 Å². The van der Waals surface area contributed by atoms with E-state index in [1.165, 1.54) is 6.07 Å². The Morgan fingerprint density at radius 2 is 1.78 bits per heavy atom. The average molecular weight is 259 g/mol. The predicted molar refractivity (Wildman–Crippen MR) is 68.6 cm³/mol. The number of alkyl halides is 3. The van der Waals surface area contributed by atoms with Crippen molar-refractivity contribution in [2.24, 2.45) is 5.92 Å². The molecule has 18 heavy (non-hydrogen) atoms. The lowest BCUT2D eigenvalue weighted by Gasteiger charge is -2.17. The Morgan fingerprint density at radius 3 is 2.33 bits per heavy atom. The molecular weight excluding hydrogens is 239 g/mol. The van der Waals surface area contributed by atoms with Crippen LogP contribution in [0.4, 0.5) is 18.9 Å². The second-order valence-electron chi connectivity index (χ2n) is 5.10. The molecule has 0 aromatic heterocycles. The van der Waals surface area contributed by atoms with E-state index in [9.17, 15) is 13.2 Å². The maximum absolute atomic E-state index is 12.5. The number of nitrogens with one attached hydrogen (secondary N) is 1. The summed E-state index contributed by atoms with van der Waals surface area (Å²) in [5, 5.41) is 3.11. The molecule has 102 valence electrons. The van der Waals surface area contributed by atoms with Crippen LogP contribution in [0.3, 0.4) is 0 Å². The van der Waals surface area contributed by atoms with Crippen LogP contribution in [-0.4, -0.2) is 6.04 Å². The van der Waals surface area contributed by atoms with Gasteiger partial charge in [-0.05, 0) is 43.9 Å². The van der Waals surface area contributed by atoms with Crippen molar-refractivity contribution >= 4 is 5.69 Å². The van der Waals surface area contributed by atoms with E-state index in [2.05, 4.69) is 19.2 Å². The molecule has 0 saturated heterocycles. The Balaban J connectivity index is 2.62. The van der Waals surface area contributed by atoms with Crippen LogP contribution in [0.25, 0.3) is 0 Å². The van der Waals surface area contributed by atoms with Crippen LogP contribution in [0, 0.1) is 5.92 Å². The molecule has 0 radical (unpaired) electrons. The number of hydrogen-bond donors (Lipinski definition) is 1. The maximum atomic E-state index is 12.5. The van der Waals surface area contributed by atoms with E-state index >= 15 is 0 Å². The van der Waals surface area contributed by atoms with E-state index in [0.717, 1.165) is 25.0 Å². The summed E-state index contributed by atoms with van der Waals surface area (Å²) in [4.78, 5) is 0. The standard InChI is InChI=1S/C14H20F3N/c1-10(2)7-8-11(3)18-13-6-4-5-12(9-13)14(15,16)17/h4-6,9-11,18H,7-8H2,1-3H3. The molecule has 0 aliphatic heterocycles. The van der Waals surface area contributed by atoms with Crippen molar-refractivity contribution in [3.63, 3.8) is 0 Å². The lowest BCUT2D eigenvalue weighted by Crippen LogP contribution is -2.16. The van der Waals surface area contributed by atoms with Crippen molar-refractivity contribution in [1.82, 2.24) is 0 Å². The molecule has 0 heterocycles. The Bertz CT molecular complexity index is 372. The normalized spacial score (nSPS) is 13.7. The van der Waals surface area contributed by atoms with Crippen LogP contribution in [0.1, 0.15) is 39.2 Å². The highest BCUT2D eigenvalue weighted by Gasteiger charge is 2.30. The number of benzene rings is 1. The molecule has 4 heteroatoms. The quantitative estimate of drug-likeness (QED) is 0.789. The molecular formula is C14H20F3N. The van der Waals surface area contributed by atoms with E-state index in [1.54, 1.807) is 6.07 Å². The zero-order valence-electron chi connectivity index (χ0n) is 11.0. The third-order valence-corrected chi connectivity index (χ3v) is 2.78. The van der Waals surface area contributed by atoms with E-state index in [4.69, 9.17) is 0 Å². The molecule has 0 aliphatic carbocycles. The van der Waals surface area contributed by atoms with Crippen LogP contribution in [-0.2, 0) is 6.18 Å². The number of halogens is 3. The molecule has 0 amide bonds. The first kappa shape index (κ1) is 14.9. The molecule has 0 bridgehead atoms. The van der Waals surface area contributed by atoms with Crippen molar-refractivity contribution in [2.75, 3.05) is 5.32 Å². The minimum Gasteiger partial charge on any atom is -0.383 e. The molecule has 0 saturated carbocycles. The summed E-state index contributed by atoms with van der Waals surface area (Å²) in [5.41, 5.74) is -0.0790. The monoisotopic (exact) mass is 259 g/mol. The fraction of sp³-hybridized carbons (Fsp3) is 0.571. The summed E-state index contributed by atoms with van der Waals surface area (Å²) in [5.74, 6) is 0.607. The SMILES string of the molecule is CC(C)CCC(C)Nc1cccc(C(F)(F)F)c1. The maximum Gasteiger partial charge on any atom is 0.416 e. The van der Waals surface area contributed by atoms with Crippen LogP contribution in [0.2, 0.25) is 0 Å². The second-order valence-corrected chi connectivity index (χ2v) is 5.10. The largest absolute Gasteiger partial charge is 0.416 e. The third kappa shape index (κ3) is 4.98. The van der Waals surface area contributed by atoms with Gasteiger partial charge in [-0.2, -0.15) is 13.2 Å². The van der Waals surface area contributed by atoms with Crippen LogP contribution in [0.5, 0.6) is 0 Å². The van der Waals surface area contributed by atoms with Crippen molar-refractivity contribution < 1.29 is 13.2 Å². The fourth-order valence-electron chi connectivity index (χ4n) is 1.73. The molecule has 1 aromatic carbocycles. The summed E-state index contributed by atoms with van der Waals surface area (Å²) in [6, 6.07) is 5.52. The second kappa shape index (κ2) is 6.12. The first-order valence-corrected chi connectivity index (χ1v) is 6.23. The van der Waals surface area contributed by atoms with Gasteiger partial charge < -0.3 is 5.32 Å². The number of anilines is 1. The zero-order valence-corrected chi connectivity index (χ0v) is 11.0. The van der Waals surface area contributed by atoms with Crippen molar-refractivity contribution in [2.45, 2.75) is 45.8 Å². The Kier molecular flexibility index (Phi) is 5.05. The Hall–Kier alpha value is -1.19. The lowest BCUT2D eigenvalue weighted by molar-refractivity contribution is -0.137. The van der Waals surface area contributed by atoms with Gasteiger partial charge in [0.15, 0.2) is 0 Å². The molecule has 0 fully saturated rings. The molecule has 1 atom stereocenters. The van der Waals surface area contributed by atoms with E-state index in [-0.39, 0.29) is 6.04 Å². The average Bonchev–Trinajstić information content (AvgIpc) is 2.25. The summed E-state index contributed by atoms with van der Waals surface area (Å²) in [6.07, 6.45) is -2.26. The molecule has 1 aromatic rings. The molecule has 1 unspecified atom stereocenters. The van der Waals surface area contributed by atoms with E-state index in [1.807, 2.05) is 6.92 Å². The van der Waals surface area contributed by atoms with Gasteiger partial charge >= 0.3 is 6.18 Å². The van der Waals surface area contributed by atoms with Crippen molar-refractivity contribution in [3.8, 4) is 0 Å². The number of rotatable bonds is 5. The topological polar surface area (TPSA) is 12.0 Å². The van der Waals surface area contributed by atoms with E-state index < -0.39 is 11.7 Å². The van der Waals surface area contributed by atoms with Gasteiger partial charge in [0, 0.05) is 11.7 Å². The first-order valence-electron chi connectivity index (χ1n) is 6.23. The van der Waals surface area contributed by atoms with Gasteiger partial charge in [-0.25, -0.2) is 0 Å². The minimum absolute atomic E-state index is 0.177. The third-order valence-electron chi connectivity index (χ3n) is 2.78. The van der Waals surface area contributed by atoms with Crippen LogP contribution < -0.4 is 5.32 Å². The van der Waals surface area contributed by atoms with Crippen LogP contribution in [0.15, 0.2) is 24.3 Å². The van der Waals surface area contributed by atoms with Gasteiger partial charge in [0.05, 0.1) is 5.56 Å².